The van der Waals surface area contributed by atoms with Crippen molar-refractivity contribution in [1.82, 2.24) is 4.98 Å². The quantitative estimate of drug-likeness (QED) is 0.150. The third kappa shape index (κ3) is 10.6. The second kappa shape index (κ2) is 17.3. The Kier molecular flexibility index (Phi) is 13.6. The van der Waals surface area contributed by atoms with Gasteiger partial charge in [0.05, 0.1) is 5.69 Å². The van der Waals surface area contributed by atoms with E-state index in [4.69, 9.17) is 14.8 Å². The zero-order valence-electron chi connectivity index (χ0n) is 25.6. The molecule has 0 spiro atoms. The van der Waals surface area contributed by atoms with Crippen LogP contribution in [0.1, 0.15) is 81.7 Å². The topological polar surface area (TPSA) is 62.7 Å². The number of carboxylic acid groups (broad SMARTS) is 1. The molecule has 42 heavy (non-hydrogen) atoms. The molecule has 0 saturated heterocycles. The third-order valence-electron chi connectivity index (χ3n) is 7.49. The molecule has 0 bridgehead atoms. The maximum atomic E-state index is 10.7. The number of nitrogens with zero attached hydrogens (tertiary/aromatic N) is 2. The first-order valence-electron chi connectivity index (χ1n) is 15.0. The van der Waals surface area contributed by atoms with Crippen LogP contribution >= 0.6 is 11.3 Å². The Balaban J connectivity index is 1.49. The van der Waals surface area contributed by atoms with Crippen LogP contribution in [-0.4, -0.2) is 23.1 Å². The molecule has 1 atom stereocenters. The third-order valence-corrected chi connectivity index (χ3v) is 8.44. The van der Waals surface area contributed by atoms with Crippen LogP contribution in [0.15, 0.2) is 84.3 Å². The van der Waals surface area contributed by atoms with Gasteiger partial charge in [-0.1, -0.05) is 93.5 Å². The molecule has 0 amide bonds. The van der Waals surface area contributed by atoms with Gasteiger partial charge in [-0.25, -0.2) is 4.98 Å². The van der Waals surface area contributed by atoms with Gasteiger partial charge in [-0.2, -0.15) is 0 Å². The summed E-state index contributed by atoms with van der Waals surface area (Å²) in [6.07, 6.45) is 13.0. The number of aryl methyl sites for hydroxylation is 1. The average molecular weight is 587 g/mol. The molecule has 0 radical (unpaired) electrons. The molecule has 0 saturated carbocycles. The molecule has 0 aliphatic rings. The first kappa shape index (κ1) is 32.9. The van der Waals surface area contributed by atoms with Crippen LogP contribution in [-0.2, 0) is 24.4 Å². The molecule has 1 aromatic heterocycles. The van der Waals surface area contributed by atoms with Gasteiger partial charge in [0.1, 0.15) is 12.4 Å². The molecule has 0 fully saturated rings. The number of aromatic nitrogens is 1. The molecular weight excluding hydrogens is 540 g/mol. The first-order valence-corrected chi connectivity index (χ1v) is 15.9. The maximum Gasteiger partial charge on any atom is 0.303 e. The van der Waals surface area contributed by atoms with Gasteiger partial charge in [0.25, 0.3) is 0 Å². The first-order chi connectivity index (χ1) is 20.3. The van der Waals surface area contributed by atoms with E-state index >= 15 is 0 Å². The van der Waals surface area contributed by atoms with Crippen molar-refractivity contribution in [3.63, 3.8) is 0 Å². The van der Waals surface area contributed by atoms with E-state index in [0.29, 0.717) is 18.9 Å². The lowest BCUT2D eigenvalue weighted by Gasteiger charge is -2.16. The molecule has 1 N–H and O–H groups in total. The van der Waals surface area contributed by atoms with E-state index in [0.717, 1.165) is 47.1 Å². The van der Waals surface area contributed by atoms with Crippen LogP contribution in [0.3, 0.4) is 0 Å². The number of hydrogen-bond acceptors (Lipinski definition) is 5. The molecule has 1 heterocycles. The number of rotatable bonds is 18. The number of allylic oxidation sites excluding steroid dienone is 5. The summed E-state index contributed by atoms with van der Waals surface area (Å²) < 4.78 is 5.92. The minimum atomic E-state index is -0.784. The predicted molar refractivity (Wildman–Crippen MR) is 177 cm³/mol. The second-order valence-corrected chi connectivity index (χ2v) is 11.6. The number of hydrogen-bond donors (Lipinski definition) is 1. The molecular formula is C36H46N2O3S. The van der Waals surface area contributed by atoms with E-state index < -0.39 is 5.97 Å². The van der Waals surface area contributed by atoms with Gasteiger partial charge < -0.3 is 14.7 Å². The Hall–Kier alpha value is -3.64. The van der Waals surface area contributed by atoms with Gasteiger partial charge >= 0.3 is 5.97 Å². The highest BCUT2D eigenvalue weighted by molar-refractivity contribution is 7.13. The largest absolute Gasteiger partial charge is 0.489 e. The molecule has 3 aromatic rings. The summed E-state index contributed by atoms with van der Waals surface area (Å²) in [5, 5.41) is 12.0. The van der Waals surface area contributed by atoms with Crippen molar-refractivity contribution in [3.8, 4) is 5.75 Å². The van der Waals surface area contributed by atoms with Gasteiger partial charge in [0, 0.05) is 25.4 Å². The summed E-state index contributed by atoms with van der Waals surface area (Å²) in [4.78, 5) is 17.9. The van der Waals surface area contributed by atoms with Gasteiger partial charge in [0.15, 0.2) is 5.13 Å². The van der Waals surface area contributed by atoms with E-state index in [1.54, 1.807) is 11.3 Å². The van der Waals surface area contributed by atoms with Crippen molar-refractivity contribution in [2.45, 2.75) is 78.9 Å². The van der Waals surface area contributed by atoms with Gasteiger partial charge in [0.2, 0.25) is 0 Å². The van der Waals surface area contributed by atoms with Crippen LogP contribution in [0.4, 0.5) is 5.13 Å². The minimum absolute atomic E-state index is 0.134. The summed E-state index contributed by atoms with van der Waals surface area (Å²) in [5.41, 5.74) is 6.81. The lowest BCUT2D eigenvalue weighted by atomic mass is 9.91. The zero-order chi connectivity index (χ0) is 30.3. The van der Waals surface area contributed by atoms with Crippen LogP contribution in [0.25, 0.3) is 5.57 Å². The Morgan fingerprint density at radius 1 is 1.10 bits per heavy atom. The lowest BCUT2D eigenvalue weighted by Crippen LogP contribution is -2.16. The Morgan fingerprint density at radius 2 is 1.79 bits per heavy atom. The molecule has 224 valence electrons. The van der Waals surface area contributed by atoms with Gasteiger partial charge in [-0.15, -0.1) is 11.3 Å². The summed E-state index contributed by atoms with van der Waals surface area (Å²) in [6.45, 7) is 12.2. The van der Waals surface area contributed by atoms with Gasteiger partial charge in [-0.05, 0) is 72.9 Å². The highest BCUT2D eigenvalue weighted by atomic mass is 32.1. The number of carboxylic acids is 1. The van der Waals surface area contributed by atoms with E-state index in [1.807, 2.05) is 24.3 Å². The summed E-state index contributed by atoms with van der Waals surface area (Å²) in [7, 11) is 2.08. The van der Waals surface area contributed by atoms with Crippen LogP contribution in [0.2, 0.25) is 0 Å². The highest BCUT2D eigenvalue weighted by Gasteiger charge is 2.11. The summed E-state index contributed by atoms with van der Waals surface area (Å²) in [6, 6.07) is 16.1. The monoisotopic (exact) mass is 586 g/mol. The van der Waals surface area contributed by atoms with Gasteiger partial charge in [-0.3, -0.25) is 4.79 Å². The standard InChI is InChI=1S/C36H46N2O3S/c1-6-9-12-31(7-2)27(4)11-10-13-32(8-3)34-26-42-36(37-34)38(5)24-29-14-16-30(17-15-29)25-41-33-21-18-28(19-22-33)20-23-35(39)40/h8,10-11,14-19,21-22,26,31H,4,6-7,9,12-13,20,23-25H2,1-3,5H3,(H,39,40)/b11-10-,32-8+. The number of ether oxygens (including phenoxy) is 1. The minimum Gasteiger partial charge on any atom is -0.489 e. The highest BCUT2D eigenvalue weighted by Crippen LogP contribution is 2.28. The normalized spacial score (nSPS) is 12.4. The van der Waals surface area contributed by atoms with Crippen LogP contribution in [0, 0.1) is 5.92 Å². The van der Waals surface area contributed by atoms with Crippen LogP contribution in [0.5, 0.6) is 5.75 Å². The van der Waals surface area contributed by atoms with Crippen molar-refractivity contribution < 1.29 is 14.6 Å². The lowest BCUT2D eigenvalue weighted by molar-refractivity contribution is -0.136. The van der Waals surface area contributed by atoms with E-state index in [-0.39, 0.29) is 6.42 Å². The number of carbonyl (C=O) groups is 1. The molecule has 5 nitrogen and oxygen atoms in total. The van der Waals surface area contributed by atoms with E-state index in [9.17, 15) is 4.79 Å². The Bertz CT molecular complexity index is 1320. The fourth-order valence-electron chi connectivity index (χ4n) is 4.79. The average Bonchev–Trinajstić information content (AvgIpc) is 3.49. The number of aliphatic carboxylic acids is 1. The van der Waals surface area contributed by atoms with E-state index in [1.165, 1.54) is 36.0 Å². The zero-order valence-corrected chi connectivity index (χ0v) is 26.5. The molecule has 0 aliphatic carbocycles. The second-order valence-electron chi connectivity index (χ2n) is 10.8. The fourth-order valence-corrected chi connectivity index (χ4v) is 5.60. The van der Waals surface area contributed by atoms with E-state index in [2.05, 4.69) is 87.2 Å². The van der Waals surface area contributed by atoms with Crippen LogP contribution < -0.4 is 9.64 Å². The molecule has 0 aliphatic heterocycles. The smallest absolute Gasteiger partial charge is 0.303 e. The number of unbranched alkanes of at least 4 members (excludes halogenated alkanes) is 1. The Morgan fingerprint density at radius 3 is 2.43 bits per heavy atom. The molecule has 2 aromatic carbocycles. The molecule has 3 rings (SSSR count). The van der Waals surface area contributed by atoms with Crippen molar-refractivity contribution in [2.24, 2.45) is 5.92 Å². The predicted octanol–water partition coefficient (Wildman–Crippen LogP) is 9.50. The number of benzene rings is 2. The maximum absolute atomic E-state index is 10.7. The van der Waals surface area contributed by atoms with Crippen molar-refractivity contribution >= 4 is 28.0 Å². The number of anilines is 1. The Labute approximate surface area is 256 Å². The van der Waals surface area contributed by atoms with Crippen molar-refractivity contribution in [2.75, 3.05) is 11.9 Å². The molecule has 6 heteroatoms. The fraction of sp³-hybridized carbons (Fsp3) is 0.389. The summed E-state index contributed by atoms with van der Waals surface area (Å²) >= 11 is 1.68. The van der Waals surface area contributed by atoms with Crippen molar-refractivity contribution in [1.29, 1.82) is 0 Å². The van der Waals surface area contributed by atoms with Crippen molar-refractivity contribution in [3.05, 3.63) is 107 Å². The number of thiazole rings is 1. The molecule has 1 unspecified atom stereocenters. The summed E-state index contributed by atoms with van der Waals surface area (Å²) in [5.74, 6) is 0.565. The SMILES string of the molecule is C=C(/C=C\C/C(=C\C)c1csc(N(C)Cc2ccc(COc3ccc(CCC(=O)O)cc3)cc2)n1)C(CC)CCCC.